The van der Waals surface area contributed by atoms with E-state index in [1.165, 1.54) is 12.1 Å². The van der Waals surface area contributed by atoms with Crippen molar-refractivity contribution in [2.75, 3.05) is 10.6 Å². The zero-order valence-corrected chi connectivity index (χ0v) is 31.4. The van der Waals surface area contributed by atoms with Gasteiger partial charge in [0, 0.05) is 32.2 Å². The molecule has 0 spiro atoms. The lowest BCUT2D eigenvalue weighted by molar-refractivity contribution is -0.275. The fourth-order valence-corrected chi connectivity index (χ4v) is 5.46. The summed E-state index contributed by atoms with van der Waals surface area (Å²) in [6.45, 7) is 3.68. The summed E-state index contributed by atoms with van der Waals surface area (Å²) < 4.78 is 82.2. The molecule has 56 heavy (non-hydrogen) atoms. The molecular formula is C34H24Cl2F6N8O4S2. The van der Waals surface area contributed by atoms with E-state index in [-0.39, 0.29) is 44.1 Å². The highest BCUT2D eigenvalue weighted by Gasteiger charge is 2.32. The lowest BCUT2D eigenvalue weighted by atomic mass is 10.2. The van der Waals surface area contributed by atoms with Crippen molar-refractivity contribution in [1.29, 1.82) is 0 Å². The summed E-state index contributed by atoms with van der Waals surface area (Å²) in [4.78, 5) is 5.18. The first kappa shape index (κ1) is 41.5. The number of ether oxygens (including phenoxy) is 2. The number of anilines is 2. The molecular weight excluding hydrogens is 833 g/mol. The van der Waals surface area contributed by atoms with Crippen LogP contribution >= 0.6 is 47.6 Å². The average molecular weight is 858 g/mol. The summed E-state index contributed by atoms with van der Waals surface area (Å²) in [5, 5.41) is 42.3. The van der Waals surface area contributed by atoms with E-state index in [0.717, 1.165) is 35.4 Å². The Bertz CT molecular complexity index is 2340. The highest BCUT2D eigenvalue weighted by Crippen LogP contribution is 2.40. The lowest BCUT2D eigenvalue weighted by Crippen LogP contribution is -2.16. The summed E-state index contributed by atoms with van der Waals surface area (Å²) in [5.41, 5.74) is 3.54. The van der Waals surface area contributed by atoms with Crippen molar-refractivity contribution in [1.82, 2.24) is 9.97 Å². The number of hydrogen-bond acceptors (Lipinski definition) is 8. The number of aromatic amines is 2. The Morgan fingerprint density at radius 2 is 1.00 bits per heavy atom. The molecule has 0 aliphatic carbocycles. The molecule has 4 aromatic carbocycles. The van der Waals surface area contributed by atoms with Crippen LogP contribution in [0.1, 0.15) is 11.1 Å². The van der Waals surface area contributed by atoms with Crippen LogP contribution in [0.3, 0.4) is 0 Å². The van der Waals surface area contributed by atoms with Gasteiger partial charge in [0.05, 0.1) is 11.0 Å². The first-order valence-electron chi connectivity index (χ1n) is 15.4. The van der Waals surface area contributed by atoms with Gasteiger partial charge in [-0.2, -0.15) is 0 Å². The van der Waals surface area contributed by atoms with Crippen molar-refractivity contribution < 1.29 is 46.0 Å². The topological polar surface area (TPSA) is 164 Å². The monoisotopic (exact) mass is 856 g/mol. The molecule has 0 amide bonds. The molecule has 0 saturated carbocycles. The largest absolute Gasteiger partial charge is 0.573 e. The van der Waals surface area contributed by atoms with Crippen LogP contribution in [0.2, 0.25) is 10.0 Å². The number of alkyl halides is 6. The molecule has 0 radical (unpaired) electrons. The third-order valence-corrected chi connectivity index (χ3v) is 8.12. The molecule has 12 nitrogen and oxygen atoms in total. The Morgan fingerprint density at radius 1 is 0.625 bits per heavy atom. The molecule has 292 valence electrons. The Balaban J connectivity index is 0.000000214. The van der Waals surface area contributed by atoms with Crippen LogP contribution in [0.25, 0.3) is 21.8 Å². The maximum Gasteiger partial charge on any atom is 0.573 e. The SMILES string of the molecule is Cc1ccc(Cl)cc1NC(=S)N=Nc1c(O)[nH]c2ccc(OC(F)(F)F)cc12.Cc1ccc(Cl)cc1NC(=S)N=Nc1c(O)[nH]c2ccc(OC(F)(F)F)cc12. The van der Waals surface area contributed by atoms with Crippen LogP contribution in [0.5, 0.6) is 23.3 Å². The second-order valence-corrected chi connectivity index (χ2v) is 13.0. The molecule has 0 bridgehead atoms. The van der Waals surface area contributed by atoms with E-state index >= 15 is 0 Å². The van der Waals surface area contributed by atoms with E-state index in [0.29, 0.717) is 32.5 Å². The molecule has 2 heterocycles. The molecule has 0 aliphatic rings. The number of aryl methyl sites for hydroxylation is 2. The van der Waals surface area contributed by atoms with Gasteiger partial charge < -0.3 is 40.3 Å². The number of rotatable bonds is 6. The average Bonchev–Trinajstić information content (AvgIpc) is 3.58. The number of H-pyrrole nitrogens is 2. The fraction of sp³-hybridized carbons (Fsp3) is 0.118. The fourth-order valence-electron chi connectivity index (χ4n) is 4.81. The van der Waals surface area contributed by atoms with E-state index in [2.05, 4.69) is 50.5 Å². The minimum Gasteiger partial charge on any atom is -0.493 e. The molecule has 0 aliphatic heterocycles. The molecule has 0 atom stereocenters. The van der Waals surface area contributed by atoms with E-state index in [9.17, 15) is 36.6 Å². The van der Waals surface area contributed by atoms with Crippen molar-refractivity contribution in [3.05, 3.63) is 94.0 Å². The van der Waals surface area contributed by atoms with Gasteiger partial charge in [0.15, 0.2) is 11.4 Å². The Labute approximate surface area is 332 Å². The van der Waals surface area contributed by atoms with Crippen LogP contribution < -0.4 is 20.1 Å². The van der Waals surface area contributed by atoms with Crippen molar-refractivity contribution >= 4 is 102 Å². The van der Waals surface area contributed by atoms with Crippen LogP contribution in [-0.2, 0) is 0 Å². The third-order valence-electron chi connectivity index (χ3n) is 7.28. The highest BCUT2D eigenvalue weighted by atomic mass is 35.5. The summed E-state index contributed by atoms with van der Waals surface area (Å²) in [7, 11) is 0. The van der Waals surface area contributed by atoms with Crippen LogP contribution in [0.4, 0.5) is 49.1 Å². The standard InChI is InChI=1S/2C17H12ClF3N4O2S/c2*1-8-2-3-9(18)6-13(8)23-16(28)25-24-14-11-7-10(27-17(19,20)21)4-5-12(11)22-15(14)26/h2*2-7,22,26H,1H3,(H,23,28). The zero-order chi connectivity index (χ0) is 40.9. The number of aromatic hydroxyl groups is 2. The molecule has 6 rings (SSSR count). The van der Waals surface area contributed by atoms with E-state index in [1.54, 1.807) is 36.4 Å². The van der Waals surface area contributed by atoms with E-state index in [1.807, 2.05) is 13.8 Å². The Hall–Kier alpha value is -5.70. The minimum atomic E-state index is -4.84. The predicted molar refractivity (Wildman–Crippen MR) is 207 cm³/mol. The van der Waals surface area contributed by atoms with E-state index < -0.39 is 24.2 Å². The van der Waals surface area contributed by atoms with Gasteiger partial charge in [-0.15, -0.1) is 46.8 Å². The molecule has 0 fully saturated rings. The molecule has 6 aromatic rings. The highest BCUT2D eigenvalue weighted by molar-refractivity contribution is 7.80. The van der Waals surface area contributed by atoms with Gasteiger partial charge in [0.1, 0.15) is 11.5 Å². The van der Waals surface area contributed by atoms with Gasteiger partial charge in [-0.05, 0) is 110 Å². The summed E-state index contributed by atoms with van der Waals surface area (Å²) in [6.07, 6.45) is -9.68. The van der Waals surface area contributed by atoms with Gasteiger partial charge >= 0.3 is 12.7 Å². The van der Waals surface area contributed by atoms with Crippen LogP contribution in [0, 0.1) is 13.8 Å². The van der Waals surface area contributed by atoms with Crippen molar-refractivity contribution in [2.45, 2.75) is 26.6 Å². The normalized spacial score (nSPS) is 11.9. The van der Waals surface area contributed by atoms with Crippen molar-refractivity contribution in [2.24, 2.45) is 20.5 Å². The zero-order valence-electron chi connectivity index (χ0n) is 28.3. The first-order valence-corrected chi connectivity index (χ1v) is 17.0. The van der Waals surface area contributed by atoms with Gasteiger partial charge in [-0.1, -0.05) is 35.3 Å². The quantitative estimate of drug-likeness (QED) is 0.0547. The maximum absolute atomic E-state index is 12.4. The molecule has 22 heteroatoms. The van der Waals surface area contributed by atoms with Crippen molar-refractivity contribution in [3.63, 3.8) is 0 Å². The third kappa shape index (κ3) is 11.2. The molecule has 0 saturated heterocycles. The van der Waals surface area contributed by atoms with Crippen LogP contribution in [-0.4, -0.2) is 43.1 Å². The summed E-state index contributed by atoms with van der Waals surface area (Å²) in [6, 6.07) is 17.4. The second kappa shape index (κ2) is 17.0. The number of azo groups is 2. The predicted octanol–water partition coefficient (Wildman–Crippen LogP) is 12.4. The smallest absolute Gasteiger partial charge is 0.493 e. The number of nitrogens with zero attached hydrogens (tertiary/aromatic N) is 4. The van der Waals surface area contributed by atoms with Gasteiger partial charge in [0.25, 0.3) is 0 Å². The Kier molecular flexibility index (Phi) is 12.6. The molecule has 6 N–H and O–H groups in total. The minimum absolute atomic E-state index is 0.0261. The number of fused-ring (bicyclic) bond motifs is 2. The number of benzene rings is 4. The maximum atomic E-state index is 12.4. The number of nitrogens with one attached hydrogen (secondary N) is 4. The molecule has 0 unspecified atom stereocenters. The van der Waals surface area contributed by atoms with Gasteiger partial charge in [0.2, 0.25) is 22.0 Å². The number of aromatic nitrogens is 2. The molecule has 2 aromatic heterocycles. The first-order chi connectivity index (χ1) is 26.2. The second-order valence-electron chi connectivity index (χ2n) is 11.3. The van der Waals surface area contributed by atoms with Crippen molar-refractivity contribution in [3.8, 4) is 23.3 Å². The van der Waals surface area contributed by atoms with E-state index in [4.69, 9.17) is 47.6 Å². The lowest BCUT2D eigenvalue weighted by Gasteiger charge is -2.08. The number of thiocarbonyl (C=S) groups is 2. The Morgan fingerprint density at radius 3 is 1.36 bits per heavy atom. The number of hydrogen-bond donors (Lipinski definition) is 6. The van der Waals surface area contributed by atoms with Gasteiger partial charge in [-0.3, -0.25) is 0 Å². The summed E-state index contributed by atoms with van der Waals surface area (Å²) >= 11 is 22.1. The number of halogens is 8. The van der Waals surface area contributed by atoms with Gasteiger partial charge in [-0.25, -0.2) is 0 Å². The van der Waals surface area contributed by atoms with Crippen LogP contribution in [0.15, 0.2) is 93.3 Å². The summed E-state index contributed by atoms with van der Waals surface area (Å²) in [5.74, 6) is -1.65.